The molecule has 5 nitrogen and oxygen atoms in total. The van der Waals surface area contributed by atoms with Gasteiger partial charge in [0.2, 0.25) is 0 Å². The maximum atomic E-state index is 10.5. The van der Waals surface area contributed by atoms with Crippen LogP contribution in [0, 0.1) is 0 Å². The molecule has 0 spiro atoms. The molecule has 0 aromatic heterocycles. The van der Waals surface area contributed by atoms with Crippen molar-refractivity contribution >= 4 is 5.91 Å². The van der Waals surface area contributed by atoms with Gasteiger partial charge in [-0.3, -0.25) is 4.79 Å². The second kappa shape index (κ2) is 6.13. The molecule has 74 valence electrons. The highest BCUT2D eigenvalue weighted by Crippen LogP contribution is 2.10. The lowest BCUT2D eigenvalue weighted by Gasteiger charge is -2.04. The molecule has 1 unspecified atom stereocenters. The van der Waals surface area contributed by atoms with Gasteiger partial charge in [0.05, 0.1) is 0 Å². The lowest BCUT2D eigenvalue weighted by Crippen LogP contribution is -2.20. The van der Waals surface area contributed by atoms with Crippen molar-refractivity contribution < 1.29 is 20.9 Å². The van der Waals surface area contributed by atoms with Crippen molar-refractivity contribution in [2.75, 3.05) is 0 Å². The number of primary amides is 1. The van der Waals surface area contributed by atoms with E-state index in [0.29, 0.717) is 5.56 Å². The summed E-state index contributed by atoms with van der Waals surface area (Å²) in [4.78, 5) is 10.5. The Hall–Kier alpha value is -1.43. The predicted molar refractivity (Wildman–Crippen MR) is 47.8 cm³/mol. The Morgan fingerprint density at radius 1 is 1.23 bits per heavy atom. The first kappa shape index (κ1) is 14.1. The molecule has 0 saturated heterocycles. The first-order valence-electron chi connectivity index (χ1n) is 3.24. The molecule has 1 aromatic rings. The summed E-state index contributed by atoms with van der Waals surface area (Å²) >= 11 is 0. The molecule has 0 bridgehead atoms. The average molecular weight is 187 g/mol. The number of aliphatic hydroxyl groups excluding tert-OH is 1. The van der Waals surface area contributed by atoms with E-state index in [9.17, 15) is 4.79 Å². The fourth-order valence-corrected chi connectivity index (χ4v) is 0.800. The number of benzene rings is 1. The van der Waals surface area contributed by atoms with Crippen LogP contribution < -0.4 is 5.73 Å². The third kappa shape index (κ3) is 3.66. The van der Waals surface area contributed by atoms with Crippen LogP contribution in [0.3, 0.4) is 0 Å². The lowest BCUT2D eigenvalue weighted by molar-refractivity contribution is -0.126. The monoisotopic (exact) mass is 187 g/mol. The van der Waals surface area contributed by atoms with Crippen LogP contribution in [-0.4, -0.2) is 22.0 Å². The van der Waals surface area contributed by atoms with E-state index >= 15 is 0 Å². The van der Waals surface area contributed by atoms with E-state index in [2.05, 4.69) is 0 Å². The van der Waals surface area contributed by atoms with Crippen LogP contribution in [0.5, 0.6) is 0 Å². The summed E-state index contributed by atoms with van der Waals surface area (Å²) in [6, 6.07) is 8.57. The minimum atomic E-state index is -1.18. The summed E-state index contributed by atoms with van der Waals surface area (Å²) < 4.78 is 0. The molecule has 0 heterocycles. The number of amides is 1. The largest absolute Gasteiger partial charge is 0.412 e. The number of nitrogens with two attached hydrogens (primary N) is 1. The molecule has 0 aliphatic heterocycles. The fourth-order valence-electron chi connectivity index (χ4n) is 0.800. The van der Waals surface area contributed by atoms with Gasteiger partial charge in [-0.2, -0.15) is 0 Å². The van der Waals surface area contributed by atoms with Gasteiger partial charge in [0.15, 0.2) is 6.10 Å². The number of hydrogen-bond acceptors (Lipinski definition) is 2. The third-order valence-electron chi connectivity index (χ3n) is 1.38. The van der Waals surface area contributed by atoms with Gasteiger partial charge in [-0.1, -0.05) is 30.3 Å². The standard InChI is InChI=1S/C8H9NO2.2H2O/c9-8(11)7(10)6-4-2-1-3-5-6;;/h1-5,7,10H,(H2,9,11);2*1H2. The van der Waals surface area contributed by atoms with Gasteiger partial charge in [0, 0.05) is 0 Å². The molecule has 0 aliphatic carbocycles. The van der Waals surface area contributed by atoms with Crippen molar-refractivity contribution in [2.24, 2.45) is 5.73 Å². The number of rotatable bonds is 2. The summed E-state index contributed by atoms with van der Waals surface area (Å²) in [5.74, 6) is -0.726. The van der Waals surface area contributed by atoms with Gasteiger partial charge >= 0.3 is 0 Å². The van der Waals surface area contributed by atoms with Crippen molar-refractivity contribution in [1.29, 1.82) is 0 Å². The second-order valence-electron chi connectivity index (χ2n) is 2.22. The Balaban J connectivity index is 0. The normalized spacial score (nSPS) is 10.5. The van der Waals surface area contributed by atoms with Crippen molar-refractivity contribution in [3.8, 4) is 0 Å². The quantitative estimate of drug-likeness (QED) is 0.587. The van der Waals surface area contributed by atoms with Crippen LogP contribution in [0.1, 0.15) is 11.7 Å². The van der Waals surface area contributed by atoms with E-state index in [1.165, 1.54) is 0 Å². The predicted octanol–water partition coefficient (Wildman–Crippen LogP) is -1.44. The number of aliphatic hydroxyl groups is 1. The van der Waals surface area contributed by atoms with E-state index < -0.39 is 12.0 Å². The summed E-state index contributed by atoms with van der Waals surface area (Å²) in [5.41, 5.74) is 5.41. The molecule has 13 heavy (non-hydrogen) atoms. The highest BCUT2D eigenvalue weighted by atomic mass is 16.3. The minimum absolute atomic E-state index is 0. The van der Waals surface area contributed by atoms with Crippen molar-refractivity contribution in [2.45, 2.75) is 6.10 Å². The van der Waals surface area contributed by atoms with Gasteiger partial charge < -0.3 is 21.8 Å². The van der Waals surface area contributed by atoms with E-state index in [1.54, 1.807) is 30.3 Å². The smallest absolute Gasteiger partial charge is 0.250 e. The zero-order chi connectivity index (χ0) is 8.27. The third-order valence-corrected chi connectivity index (χ3v) is 1.38. The second-order valence-corrected chi connectivity index (χ2v) is 2.22. The first-order valence-corrected chi connectivity index (χ1v) is 3.24. The van der Waals surface area contributed by atoms with Crippen LogP contribution >= 0.6 is 0 Å². The Kier molecular flexibility index (Phi) is 6.65. The summed E-state index contributed by atoms with van der Waals surface area (Å²) in [7, 11) is 0. The molecule has 7 N–H and O–H groups in total. The van der Waals surface area contributed by atoms with Gasteiger partial charge in [-0.05, 0) is 5.56 Å². The Morgan fingerprint density at radius 3 is 2.08 bits per heavy atom. The molecule has 0 aliphatic rings. The molecule has 0 radical (unpaired) electrons. The molecule has 0 fully saturated rings. The molecule has 5 heteroatoms. The maximum absolute atomic E-state index is 10.5. The van der Waals surface area contributed by atoms with Crippen molar-refractivity contribution in [3.63, 3.8) is 0 Å². The highest BCUT2D eigenvalue weighted by Gasteiger charge is 2.11. The minimum Gasteiger partial charge on any atom is -0.412 e. The average Bonchev–Trinajstić information content (AvgIpc) is 2.05. The Morgan fingerprint density at radius 2 is 1.69 bits per heavy atom. The molecule has 1 atom stereocenters. The van der Waals surface area contributed by atoms with Crippen molar-refractivity contribution in [1.82, 2.24) is 0 Å². The molecule has 1 rings (SSSR count). The van der Waals surface area contributed by atoms with E-state index in [1.807, 2.05) is 0 Å². The zero-order valence-corrected chi connectivity index (χ0v) is 6.90. The van der Waals surface area contributed by atoms with Crippen LogP contribution in [0.4, 0.5) is 0 Å². The topological polar surface area (TPSA) is 126 Å². The Bertz CT molecular complexity index is 250. The van der Waals surface area contributed by atoms with Gasteiger partial charge in [-0.15, -0.1) is 0 Å². The maximum Gasteiger partial charge on any atom is 0.250 e. The number of hydrogen-bond donors (Lipinski definition) is 2. The molecule has 1 amide bonds. The van der Waals surface area contributed by atoms with Crippen LogP contribution in [0.15, 0.2) is 30.3 Å². The zero-order valence-electron chi connectivity index (χ0n) is 6.90. The van der Waals surface area contributed by atoms with E-state index in [-0.39, 0.29) is 11.0 Å². The SMILES string of the molecule is NC(=O)C(O)c1ccccc1.O.O. The fraction of sp³-hybridized carbons (Fsp3) is 0.125. The summed E-state index contributed by atoms with van der Waals surface area (Å²) in [5, 5.41) is 9.12. The van der Waals surface area contributed by atoms with Crippen LogP contribution in [0.2, 0.25) is 0 Å². The lowest BCUT2D eigenvalue weighted by atomic mass is 10.1. The number of carbonyl (C=O) groups excluding carboxylic acids is 1. The molecular weight excluding hydrogens is 174 g/mol. The Labute approximate surface area is 75.4 Å². The molecule has 0 saturated carbocycles. The van der Waals surface area contributed by atoms with Crippen LogP contribution in [0.25, 0.3) is 0 Å². The van der Waals surface area contributed by atoms with Gasteiger partial charge in [0.1, 0.15) is 0 Å². The van der Waals surface area contributed by atoms with E-state index in [0.717, 1.165) is 0 Å². The first-order chi connectivity index (χ1) is 5.22. The summed E-state index contributed by atoms with van der Waals surface area (Å²) in [6.45, 7) is 0. The molecule has 1 aromatic carbocycles. The summed E-state index contributed by atoms with van der Waals surface area (Å²) in [6.07, 6.45) is -1.18. The van der Waals surface area contributed by atoms with E-state index in [4.69, 9.17) is 10.8 Å². The molecular formula is C8H13NO4. The van der Waals surface area contributed by atoms with Gasteiger partial charge in [-0.25, -0.2) is 0 Å². The highest BCUT2D eigenvalue weighted by molar-refractivity contribution is 5.79. The number of carbonyl (C=O) groups is 1. The van der Waals surface area contributed by atoms with Crippen molar-refractivity contribution in [3.05, 3.63) is 35.9 Å². The van der Waals surface area contributed by atoms with Crippen LogP contribution in [-0.2, 0) is 4.79 Å². The van der Waals surface area contributed by atoms with Gasteiger partial charge in [0.25, 0.3) is 5.91 Å².